The molecule has 0 radical (unpaired) electrons. The van der Waals surface area contributed by atoms with Crippen LogP contribution >= 0.6 is 27.3 Å². The molecule has 0 fully saturated rings. The molecule has 1 aromatic rings. The number of carbonyl (C=O) groups excluding carboxylic acids is 1. The number of rotatable bonds is 4. The van der Waals surface area contributed by atoms with Crippen molar-refractivity contribution in [3.05, 3.63) is 26.9 Å². The Hall–Kier alpha value is -0.650. The first-order valence-corrected chi connectivity index (χ1v) is 6.80. The van der Waals surface area contributed by atoms with Gasteiger partial charge in [0, 0.05) is 18.0 Å². The maximum atomic E-state index is 11.8. The third-order valence-corrected chi connectivity index (χ3v) is 4.20. The molecule has 0 saturated carbocycles. The molecule has 0 aromatic carbocycles. The second kappa shape index (κ2) is 5.80. The molecule has 94 valence electrons. The standard InChI is InChI=1S/C12H16BrNO2S/c1-12(2,8-15)14(3)11(16)7-5-9-4-6-10(13)17-9/h4-7,15H,8H2,1-3H3/b7-5+. The lowest BCUT2D eigenvalue weighted by molar-refractivity contribution is -0.130. The molecule has 0 unspecified atom stereocenters. The number of aliphatic hydroxyl groups excluding tert-OH is 1. The highest BCUT2D eigenvalue weighted by atomic mass is 79.9. The third-order valence-electron chi connectivity index (χ3n) is 2.61. The van der Waals surface area contributed by atoms with Gasteiger partial charge in [0.05, 0.1) is 15.9 Å². The summed E-state index contributed by atoms with van der Waals surface area (Å²) < 4.78 is 1.04. The Morgan fingerprint density at radius 2 is 2.24 bits per heavy atom. The van der Waals surface area contributed by atoms with Crippen LogP contribution in [0.4, 0.5) is 0 Å². The average Bonchev–Trinajstić information content (AvgIpc) is 2.71. The first-order valence-electron chi connectivity index (χ1n) is 5.19. The van der Waals surface area contributed by atoms with Gasteiger partial charge in [-0.2, -0.15) is 0 Å². The molecule has 3 nitrogen and oxygen atoms in total. The molecule has 0 saturated heterocycles. The summed E-state index contributed by atoms with van der Waals surface area (Å²) in [6, 6.07) is 3.88. The van der Waals surface area contributed by atoms with E-state index in [9.17, 15) is 9.90 Å². The lowest BCUT2D eigenvalue weighted by atomic mass is 10.1. The highest BCUT2D eigenvalue weighted by Crippen LogP contribution is 2.23. The fourth-order valence-corrected chi connectivity index (χ4v) is 2.41. The molecular weight excluding hydrogens is 302 g/mol. The Balaban J connectivity index is 2.69. The van der Waals surface area contributed by atoms with E-state index in [4.69, 9.17) is 0 Å². The summed E-state index contributed by atoms with van der Waals surface area (Å²) in [6.07, 6.45) is 3.30. The maximum Gasteiger partial charge on any atom is 0.246 e. The molecule has 1 aromatic heterocycles. The van der Waals surface area contributed by atoms with Crippen LogP contribution in [-0.2, 0) is 4.79 Å². The van der Waals surface area contributed by atoms with Crippen molar-refractivity contribution >= 4 is 39.2 Å². The van der Waals surface area contributed by atoms with Crippen molar-refractivity contribution in [3.8, 4) is 0 Å². The monoisotopic (exact) mass is 317 g/mol. The zero-order valence-corrected chi connectivity index (χ0v) is 12.5. The van der Waals surface area contributed by atoms with E-state index in [0.717, 1.165) is 8.66 Å². The number of halogens is 1. The fraction of sp³-hybridized carbons (Fsp3) is 0.417. The Morgan fingerprint density at radius 1 is 1.59 bits per heavy atom. The highest BCUT2D eigenvalue weighted by molar-refractivity contribution is 9.11. The molecule has 1 N–H and O–H groups in total. The molecule has 0 bridgehead atoms. The summed E-state index contributed by atoms with van der Waals surface area (Å²) in [4.78, 5) is 14.4. The average molecular weight is 318 g/mol. The predicted molar refractivity (Wildman–Crippen MR) is 75.0 cm³/mol. The van der Waals surface area contributed by atoms with Crippen LogP contribution < -0.4 is 0 Å². The third kappa shape index (κ3) is 3.94. The smallest absolute Gasteiger partial charge is 0.246 e. The minimum Gasteiger partial charge on any atom is -0.394 e. The van der Waals surface area contributed by atoms with Gasteiger partial charge in [-0.1, -0.05) is 0 Å². The molecule has 1 heterocycles. The van der Waals surface area contributed by atoms with Gasteiger partial charge in [-0.25, -0.2) is 0 Å². The summed E-state index contributed by atoms with van der Waals surface area (Å²) >= 11 is 4.93. The van der Waals surface area contributed by atoms with E-state index in [-0.39, 0.29) is 12.5 Å². The number of carbonyl (C=O) groups is 1. The van der Waals surface area contributed by atoms with Crippen molar-refractivity contribution in [2.45, 2.75) is 19.4 Å². The van der Waals surface area contributed by atoms with Crippen molar-refractivity contribution in [1.29, 1.82) is 0 Å². The van der Waals surface area contributed by atoms with Crippen LogP contribution in [-0.4, -0.2) is 35.1 Å². The van der Waals surface area contributed by atoms with Gasteiger partial charge < -0.3 is 10.0 Å². The molecule has 1 rings (SSSR count). The van der Waals surface area contributed by atoms with Crippen molar-refractivity contribution in [1.82, 2.24) is 4.90 Å². The molecule has 0 aliphatic carbocycles. The lowest BCUT2D eigenvalue weighted by Crippen LogP contribution is -2.47. The first-order chi connectivity index (χ1) is 7.86. The molecule has 0 atom stereocenters. The Morgan fingerprint density at radius 3 is 2.71 bits per heavy atom. The zero-order valence-electron chi connectivity index (χ0n) is 10.1. The van der Waals surface area contributed by atoms with Crippen LogP contribution in [0, 0.1) is 0 Å². The normalized spacial score (nSPS) is 12.1. The van der Waals surface area contributed by atoms with E-state index in [1.54, 1.807) is 24.5 Å². The molecule has 17 heavy (non-hydrogen) atoms. The number of likely N-dealkylation sites (N-methyl/N-ethyl adjacent to an activating group) is 1. The molecular formula is C12H16BrNO2S. The van der Waals surface area contributed by atoms with Crippen LogP contribution in [0.25, 0.3) is 6.08 Å². The first kappa shape index (κ1) is 14.4. The van der Waals surface area contributed by atoms with Crippen LogP contribution in [0.15, 0.2) is 22.0 Å². The van der Waals surface area contributed by atoms with Gasteiger partial charge in [0.1, 0.15) is 0 Å². The SMILES string of the molecule is CN(C(=O)/C=C/c1ccc(Br)s1)C(C)(C)CO. The second-order valence-electron chi connectivity index (χ2n) is 4.34. The van der Waals surface area contributed by atoms with Crippen LogP contribution in [0.5, 0.6) is 0 Å². The number of hydrogen-bond acceptors (Lipinski definition) is 3. The van der Waals surface area contributed by atoms with Crippen molar-refractivity contribution < 1.29 is 9.90 Å². The van der Waals surface area contributed by atoms with Crippen molar-refractivity contribution in [2.75, 3.05) is 13.7 Å². The van der Waals surface area contributed by atoms with Gasteiger partial charge in [0.15, 0.2) is 0 Å². The molecule has 0 aliphatic rings. The van der Waals surface area contributed by atoms with Gasteiger partial charge in [0.25, 0.3) is 0 Å². The highest BCUT2D eigenvalue weighted by Gasteiger charge is 2.25. The number of aliphatic hydroxyl groups is 1. The number of thiophene rings is 1. The van der Waals surface area contributed by atoms with Crippen LogP contribution in [0.2, 0.25) is 0 Å². The van der Waals surface area contributed by atoms with E-state index < -0.39 is 5.54 Å². The lowest BCUT2D eigenvalue weighted by Gasteiger charge is -2.33. The molecule has 5 heteroatoms. The summed E-state index contributed by atoms with van der Waals surface area (Å²) in [5.41, 5.74) is -0.544. The summed E-state index contributed by atoms with van der Waals surface area (Å²) in [6.45, 7) is 3.58. The Labute approximate surface area is 114 Å². The predicted octanol–water partition coefficient (Wildman–Crippen LogP) is 2.75. The molecule has 0 spiro atoms. The fourth-order valence-electron chi connectivity index (χ4n) is 1.09. The number of amides is 1. The number of nitrogens with zero attached hydrogens (tertiary/aromatic N) is 1. The summed E-state index contributed by atoms with van der Waals surface area (Å²) in [7, 11) is 1.69. The Bertz CT molecular complexity index is 426. The topological polar surface area (TPSA) is 40.5 Å². The van der Waals surface area contributed by atoms with E-state index in [2.05, 4.69) is 15.9 Å². The van der Waals surface area contributed by atoms with Crippen LogP contribution in [0.3, 0.4) is 0 Å². The van der Waals surface area contributed by atoms with E-state index >= 15 is 0 Å². The van der Waals surface area contributed by atoms with Crippen LogP contribution in [0.1, 0.15) is 18.7 Å². The van der Waals surface area contributed by atoms with Gasteiger partial charge in [-0.15, -0.1) is 11.3 Å². The largest absolute Gasteiger partial charge is 0.394 e. The molecule has 0 aliphatic heterocycles. The van der Waals surface area contributed by atoms with Crippen molar-refractivity contribution in [3.63, 3.8) is 0 Å². The minimum absolute atomic E-state index is 0.0619. The van der Waals surface area contributed by atoms with Gasteiger partial charge in [-0.05, 0) is 48.0 Å². The van der Waals surface area contributed by atoms with Gasteiger partial charge in [0.2, 0.25) is 5.91 Å². The van der Waals surface area contributed by atoms with Gasteiger partial charge in [-0.3, -0.25) is 4.79 Å². The summed E-state index contributed by atoms with van der Waals surface area (Å²) in [5, 5.41) is 9.18. The second-order valence-corrected chi connectivity index (χ2v) is 6.84. The Kier molecular flexibility index (Phi) is 4.91. The van der Waals surface area contributed by atoms with E-state index in [1.807, 2.05) is 26.0 Å². The zero-order chi connectivity index (χ0) is 13.1. The number of hydrogen-bond donors (Lipinski definition) is 1. The maximum absolute atomic E-state index is 11.8. The van der Waals surface area contributed by atoms with E-state index in [1.165, 1.54) is 11.0 Å². The van der Waals surface area contributed by atoms with Gasteiger partial charge >= 0.3 is 0 Å². The molecule has 1 amide bonds. The van der Waals surface area contributed by atoms with Crippen molar-refractivity contribution in [2.24, 2.45) is 0 Å². The minimum atomic E-state index is -0.544. The quantitative estimate of drug-likeness (QED) is 0.867. The van der Waals surface area contributed by atoms with E-state index in [0.29, 0.717) is 0 Å². The summed E-state index contributed by atoms with van der Waals surface area (Å²) in [5.74, 6) is -0.117.